The summed E-state index contributed by atoms with van der Waals surface area (Å²) in [4.78, 5) is 0. The lowest BCUT2D eigenvalue weighted by molar-refractivity contribution is -0.702. The van der Waals surface area contributed by atoms with Crippen molar-refractivity contribution in [3.63, 3.8) is 0 Å². The number of hydrogen-bond donors (Lipinski definition) is 1. The third-order valence-corrected chi connectivity index (χ3v) is 2.31. The van der Waals surface area contributed by atoms with E-state index < -0.39 is 0 Å². The van der Waals surface area contributed by atoms with Crippen LogP contribution in [-0.4, -0.2) is 19.8 Å². The average molecular weight is 194 g/mol. The molecule has 2 heteroatoms. The SMILES string of the molecule is COC[C@@H](C)[NH2+]Cc1ccc(C)cc1. The Morgan fingerprint density at radius 1 is 1.29 bits per heavy atom. The molecule has 0 saturated carbocycles. The topological polar surface area (TPSA) is 25.8 Å². The van der Waals surface area contributed by atoms with Gasteiger partial charge in [-0.1, -0.05) is 29.8 Å². The van der Waals surface area contributed by atoms with Crippen LogP contribution in [0.4, 0.5) is 0 Å². The minimum absolute atomic E-state index is 0.529. The van der Waals surface area contributed by atoms with Crippen LogP contribution >= 0.6 is 0 Å². The molecule has 1 aromatic rings. The van der Waals surface area contributed by atoms with Gasteiger partial charge in [-0.15, -0.1) is 0 Å². The number of quaternary nitrogens is 1. The first-order chi connectivity index (χ1) is 6.72. The number of ether oxygens (including phenoxy) is 1. The fraction of sp³-hybridized carbons (Fsp3) is 0.500. The molecule has 1 rings (SSSR count). The highest BCUT2D eigenvalue weighted by Crippen LogP contribution is 2.00. The standard InChI is InChI=1S/C12H19NO/c1-10-4-6-12(7-5-10)8-13-11(2)9-14-3/h4-7,11,13H,8-9H2,1-3H3/p+1/t11-/m1/s1. The maximum atomic E-state index is 5.08. The van der Waals surface area contributed by atoms with Crippen LogP contribution in [0.15, 0.2) is 24.3 Å². The van der Waals surface area contributed by atoms with Crippen LogP contribution in [0.25, 0.3) is 0 Å². The zero-order valence-corrected chi connectivity index (χ0v) is 9.29. The van der Waals surface area contributed by atoms with E-state index in [1.54, 1.807) is 7.11 Å². The second kappa shape index (κ2) is 5.78. The Morgan fingerprint density at radius 2 is 1.93 bits per heavy atom. The zero-order chi connectivity index (χ0) is 10.4. The van der Waals surface area contributed by atoms with E-state index in [0.29, 0.717) is 6.04 Å². The Balaban J connectivity index is 2.34. The van der Waals surface area contributed by atoms with Crippen molar-refractivity contribution in [2.24, 2.45) is 0 Å². The smallest absolute Gasteiger partial charge is 0.107 e. The molecule has 14 heavy (non-hydrogen) atoms. The van der Waals surface area contributed by atoms with Gasteiger partial charge in [0.2, 0.25) is 0 Å². The van der Waals surface area contributed by atoms with Crippen LogP contribution in [0.2, 0.25) is 0 Å². The summed E-state index contributed by atoms with van der Waals surface area (Å²) in [5.74, 6) is 0. The van der Waals surface area contributed by atoms with Crippen molar-refractivity contribution in [1.82, 2.24) is 0 Å². The molecule has 1 atom stereocenters. The van der Waals surface area contributed by atoms with Gasteiger partial charge in [-0.3, -0.25) is 0 Å². The molecule has 0 aliphatic heterocycles. The molecular weight excluding hydrogens is 174 g/mol. The molecule has 0 saturated heterocycles. The molecule has 2 N–H and O–H groups in total. The number of nitrogens with two attached hydrogens (primary N) is 1. The van der Waals surface area contributed by atoms with Gasteiger partial charge >= 0.3 is 0 Å². The maximum Gasteiger partial charge on any atom is 0.107 e. The molecule has 0 spiro atoms. The molecule has 2 nitrogen and oxygen atoms in total. The van der Waals surface area contributed by atoms with Crippen molar-refractivity contribution < 1.29 is 10.1 Å². The number of methoxy groups -OCH3 is 1. The summed E-state index contributed by atoms with van der Waals surface area (Å²) in [6, 6.07) is 9.21. The van der Waals surface area contributed by atoms with Crippen LogP contribution < -0.4 is 5.32 Å². The van der Waals surface area contributed by atoms with Crippen molar-refractivity contribution in [3.8, 4) is 0 Å². The third-order valence-electron chi connectivity index (χ3n) is 2.31. The predicted molar refractivity (Wildman–Crippen MR) is 58.1 cm³/mol. The van der Waals surface area contributed by atoms with Gasteiger partial charge in [0.25, 0.3) is 0 Å². The van der Waals surface area contributed by atoms with E-state index in [-0.39, 0.29) is 0 Å². The molecule has 0 aromatic heterocycles. The summed E-state index contributed by atoms with van der Waals surface area (Å²) in [5.41, 5.74) is 2.69. The number of benzene rings is 1. The van der Waals surface area contributed by atoms with Gasteiger partial charge in [0.15, 0.2) is 0 Å². The lowest BCUT2D eigenvalue weighted by atomic mass is 10.1. The van der Waals surface area contributed by atoms with Gasteiger partial charge in [-0.25, -0.2) is 0 Å². The molecular formula is C12H20NO+. The van der Waals surface area contributed by atoms with E-state index in [0.717, 1.165) is 13.2 Å². The van der Waals surface area contributed by atoms with Crippen LogP contribution in [0.1, 0.15) is 18.1 Å². The fourth-order valence-electron chi connectivity index (χ4n) is 1.39. The monoisotopic (exact) mass is 194 g/mol. The van der Waals surface area contributed by atoms with E-state index in [1.807, 2.05) is 0 Å². The first-order valence-electron chi connectivity index (χ1n) is 5.10. The largest absolute Gasteiger partial charge is 0.379 e. The lowest BCUT2D eigenvalue weighted by Gasteiger charge is -2.09. The van der Waals surface area contributed by atoms with Crippen molar-refractivity contribution in [2.45, 2.75) is 26.4 Å². The maximum absolute atomic E-state index is 5.08. The Morgan fingerprint density at radius 3 is 2.50 bits per heavy atom. The molecule has 1 aromatic carbocycles. The highest BCUT2D eigenvalue weighted by Gasteiger charge is 2.03. The Labute approximate surface area is 86.3 Å². The van der Waals surface area contributed by atoms with Gasteiger partial charge in [-0.05, 0) is 13.8 Å². The summed E-state index contributed by atoms with van der Waals surface area (Å²) in [6.45, 7) is 6.13. The minimum Gasteiger partial charge on any atom is -0.379 e. The molecule has 0 radical (unpaired) electrons. The van der Waals surface area contributed by atoms with Gasteiger partial charge in [-0.2, -0.15) is 0 Å². The number of hydrogen-bond acceptors (Lipinski definition) is 1. The van der Waals surface area contributed by atoms with Crippen LogP contribution in [-0.2, 0) is 11.3 Å². The van der Waals surface area contributed by atoms with Gasteiger partial charge in [0.05, 0.1) is 6.61 Å². The van der Waals surface area contributed by atoms with Crippen molar-refractivity contribution in [3.05, 3.63) is 35.4 Å². The van der Waals surface area contributed by atoms with Crippen LogP contribution in [0.5, 0.6) is 0 Å². The summed E-state index contributed by atoms with van der Waals surface area (Å²) in [6.07, 6.45) is 0. The summed E-state index contributed by atoms with van der Waals surface area (Å²) >= 11 is 0. The molecule has 0 heterocycles. The first-order valence-corrected chi connectivity index (χ1v) is 5.10. The Kier molecular flexibility index (Phi) is 4.63. The summed E-state index contributed by atoms with van der Waals surface area (Å²) in [7, 11) is 1.75. The zero-order valence-electron chi connectivity index (χ0n) is 9.29. The average Bonchev–Trinajstić information content (AvgIpc) is 2.17. The second-order valence-electron chi connectivity index (χ2n) is 3.86. The van der Waals surface area contributed by atoms with Crippen molar-refractivity contribution in [2.75, 3.05) is 13.7 Å². The normalized spacial score (nSPS) is 12.8. The summed E-state index contributed by atoms with van der Waals surface area (Å²) in [5, 5.41) is 2.30. The van der Waals surface area contributed by atoms with Crippen LogP contribution in [0, 0.1) is 6.92 Å². The van der Waals surface area contributed by atoms with E-state index in [2.05, 4.69) is 43.4 Å². The summed E-state index contributed by atoms with van der Waals surface area (Å²) < 4.78 is 5.08. The van der Waals surface area contributed by atoms with Crippen LogP contribution in [0.3, 0.4) is 0 Å². The number of rotatable bonds is 5. The lowest BCUT2D eigenvalue weighted by Crippen LogP contribution is -2.88. The van der Waals surface area contributed by atoms with E-state index in [9.17, 15) is 0 Å². The second-order valence-corrected chi connectivity index (χ2v) is 3.86. The highest BCUT2D eigenvalue weighted by molar-refractivity contribution is 5.20. The highest BCUT2D eigenvalue weighted by atomic mass is 16.5. The molecule has 78 valence electrons. The molecule has 0 aliphatic rings. The van der Waals surface area contributed by atoms with Gasteiger partial charge in [0.1, 0.15) is 12.6 Å². The quantitative estimate of drug-likeness (QED) is 0.746. The van der Waals surface area contributed by atoms with Crippen molar-refractivity contribution >= 4 is 0 Å². The predicted octanol–water partition coefficient (Wildman–Crippen LogP) is 1.09. The molecule has 0 fully saturated rings. The Hall–Kier alpha value is -0.860. The molecule has 0 bridgehead atoms. The minimum atomic E-state index is 0.529. The molecule has 0 unspecified atom stereocenters. The van der Waals surface area contributed by atoms with E-state index in [4.69, 9.17) is 4.74 Å². The van der Waals surface area contributed by atoms with Crippen molar-refractivity contribution in [1.29, 1.82) is 0 Å². The van der Waals surface area contributed by atoms with Gasteiger partial charge in [0, 0.05) is 12.7 Å². The Bertz CT molecular complexity index is 256. The molecule has 0 amide bonds. The van der Waals surface area contributed by atoms with E-state index >= 15 is 0 Å². The first kappa shape index (κ1) is 11.2. The van der Waals surface area contributed by atoms with Gasteiger partial charge < -0.3 is 10.1 Å². The third kappa shape index (κ3) is 3.90. The molecule has 0 aliphatic carbocycles. The fourth-order valence-corrected chi connectivity index (χ4v) is 1.39. The number of aryl methyl sites for hydroxylation is 1. The van der Waals surface area contributed by atoms with E-state index in [1.165, 1.54) is 11.1 Å².